The fourth-order valence-electron chi connectivity index (χ4n) is 3.10. The van der Waals surface area contributed by atoms with Crippen LogP contribution in [0.5, 0.6) is 0 Å². The van der Waals surface area contributed by atoms with Gasteiger partial charge in [0, 0.05) is 18.1 Å². The molecule has 0 spiro atoms. The zero-order chi connectivity index (χ0) is 20.6. The molecule has 28 heavy (non-hydrogen) atoms. The number of amides is 4. The van der Waals surface area contributed by atoms with Crippen LogP contribution < -0.4 is 5.73 Å². The van der Waals surface area contributed by atoms with E-state index in [9.17, 15) is 19.2 Å². The van der Waals surface area contributed by atoms with Crippen molar-refractivity contribution in [3.05, 3.63) is 44.3 Å². The van der Waals surface area contributed by atoms with Gasteiger partial charge in [-0.3, -0.25) is 24.1 Å². The summed E-state index contributed by atoms with van der Waals surface area (Å²) in [4.78, 5) is 51.6. The van der Waals surface area contributed by atoms with Crippen molar-refractivity contribution in [1.29, 1.82) is 0 Å². The van der Waals surface area contributed by atoms with Crippen molar-refractivity contribution in [2.24, 2.45) is 5.73 Å². The van der Waals surface area contributed by atoms with Gasteiger partial charge in [0.15, 0.2) is 0 Å². The van der Waals surface area contributed by atoms with Crippen LogP contribution in [0.15, 0.2) is 28.7 Å². The largest absolute Gasteiger partial charge is 0.368 e. The second kappa shape index (κ2) is 8.14. The van der Waals surface area contributed by atoms with E-state index in [1.807, 2.05) is 0 Å². The highest BCUT2D eigenvalue weighted by molar-refractivity contribution is 8.18. The third-order valence-corrected chi connectivity index (χ3v) is 6.34. The molecule has 0 saturated carbocycles. The number of likely N-dealkylation sites (tertiary alicyclic amines) is 1. The number of hydrogen-bond donors (Lipinski definition) is 1. The van der Waals surface area contributed by atoms with Crippen LogP contribution in [0.4, 0.5) is 4.79 Å². The Morgan fingerprint density at radius 1 is 1.18 bits per heavy atom. The number of carbonyl (C=O) groups excluding carboxylic acids is 4. The number of nitrogens with zero attached hydrogens (tertiary/aromatic N) is 2. The van der Waals surface area contributed by atoms with Gasteiger partial charge in [0.2, 0.25) is 5.91 Å². The van der Waals surface area contributed by atoms with Crippen LogP contribution in [-0.2, 0) is 9.59 Å². The molecule has 2 heterocycles. The van der Waals surface area contributed by atoms with Crippen molar-refractivity contribution in [3.8, 4) is 0 Å². The van der Waals surface area contributed by atoms with Crippen LogP contribution in [-0.4, -0.2) is 51.9 Å². The first-order chi connectivity index (χ1) is 13.2. The summed E-state index contributed by atoms with van der Waals surface area (Å²) >= 11 is 12.9. The Hall–Kier alpha value is -2.03. The lowest BCUT2D eigenvalue weighted by Gasteiger charge is -2.29. The number of benzene rings is 1. The maximum Gasteiger partial charge on any atom is 0.294 e. The topological polar surface area (TPSA) is 101 Å². The molecule has 1 aromatic carbocycles. The SMILES string of the molecule is CC(C(N)=O)N1C(=O)SC(=C2CCN(C(=O)c3cc(Cl)ccc3Cl)CC2)C1=O. The van der Waals surface area contributed by atoms with E-state index in [-0.39, 0.29) is 5.91 Å². The average molecular weight is 442 g/mol. The van der Waals surface area contributed by atoms with Crippen molar-refractivity contribution < 1.29 is 19.2 Å². The van der Waals surface area contributed by atoms with Crippen LogP contribution in [0.2, 0.25) is 10.0 Å². The quantitative estimate of drug-likeness (QED) is 0.726. The summed E-state index contributed by atoms with van der Waals surface area (Å²) < 4.78 is 0. The van der Waals surface area contributed by atoms with Crippen molar-refractivity contribution in [3.63, 3.8) is 0 Å². The van der Waals surface area contributed by atoms with E-state index in [1.165, 1.54) is 13.0 Å². The van der Waals surface area contributed by atoms with Crippen LogP contribution >= 0.6 is 35.0 Å². The molecule has 0 aromatic heterocycles. The van der Waals surface area contributed by atoms with Gasteiger partial charge in [0.05, 0.1) is 15.5 Å². The van der Waals surface area contributed by atoms with Gasteiger partial charge in [-0.05, 0) is 55.3 Å². The Bertz CT molecular complexity index is 908. The molecule has 0 bridgehead atoms. The molecule has 0 radical (unpaired) electrons. The molecule has 4 amide bonds. The van der Waals surface area contributed by atoms with Crippen molar-refractivity contribution in [1.82, 2.24) is 9.80 Å². The number of piperidine rings is 1. The minimum atomic E-state index is -1.00. The molecule has 10 heteroatoms. The Balaban J connectivity index is 1.74. The first-order valence-corrected chi connectivity index (χ1v) is 10.1. The Morgan fingerprint density at radius 2 is 1.82 bits per heavy atom. The number of carbonyl (C=O) groups is 4. The summed E-state index contributed by atoms with van der Waals surface area (Å²) in [6, 6.07) is 3.70. The van der Waals surface area contributed by atoms with Crippen molar-refractivity contribution in [2.45, 2.75) is 25.8 Å². The van der Waals surface area contributed by atoms with Gasteiger partial charge in [0.1, 0.15) is 6.04 Å². The number of nitrogens with two attached hydrogens (primary N) is 1. The molecule has 0 aliphatic carbocycles. The lowest BCUT2D eigenvalue weighted by molar-refractivity contribution is -0.131. The van der Waals surface area contributed by atoms with Crippen LogP contribution in [0.3, 0.4) is 0 Å². The zero-order valence-electron chi connectivity index (χ0n) is 14.9. The molecule has 1 unspecified atom stereocenters. The molecule has 2 fully saturated rings. The predicted octanol–water partition coefficient (Wildman–Crippen LogP) is 3.05. The maximum atomic E-state index is 12.7. The second-order valence-corrected chi connectivity index (χ2v) is 8.28. The first kappa shape index (κ1) is 20.7. The van der Waals surface area contributed by atoms with Gasteiger partial charge in [-0.15, -0.1) is 0 Å². The number of halogens is 2. The lowest BCUT2D eigenvalue weighted by atomic mass is 10.0. The Morgan fingerprint density at radius 3 is 2.43 bits per heavy atom. The summed E-state index contributed by atoms with van der Waals surface area (Å²) in [5, 5.41) is 0.229. The predicted molar refractivity (Wildman–Crippen MR) is 107 cm³/mol. The Labute approximate surface area is 175 Å². The standard InChI is InChI=1S/C18H17Cl2N3O4S/c1-9(15(21)24)23-17(26)14(28-18(23)27)10-4-6-22(7-5-10)16(25)12-8-11(19)2-3-13(12)20/h2-3,8-9H,4-7H2,1H3,(H2,21,24). The summed E-state index contributed by atoms with van der Waals surface area (Å²) in [6.45, 7) is 2.18. The van der Waals surface area contributed by atoms with E-state index in [0.29, 0.717) is 46.4 Å². The van der Waals surface area contributed by atoms with Gasteiger partial charge in [-0.2, -0.15) is 0 Å². The number of thioether (sulfide) groups is 1. The van der Waals surface area contributed by atoms with Gasteiger partial charge in [0.25, 0.3) is 17.1 Å². The van der Waals surface area contributed by atoms with Crippen LogP contribution in [0.25, 0.3) is 0 Å². The molecule has 148 valence electrons. The van der Waals surface area contributed by atoms with Crippen molar-refractivity contribution in [2.75, 3.05) is 13.1 Å². The van der Waals surface area contributed by atoms with Gasteiger partial charge < -0.3 is 10.6 Å². The molecule has 1 atom stereocenters. The Kier molecular flexibility index (Phi) is 6.02. The second-order valence-electron chi connectivity index (χ2n) is 6.47. The smallest absolute Gasteiger partial charge is 0.294 e. The molecule has 1 aromatic rings. The van der Waals surface area contributed by atoms with E-state index in [1.54, 1.807) is 17.0 Å². The average Bonchev–Trinajstić information content (AvgIpc) is 2.96. The van der Waals surface area contributed by atoms with E-state index in [0.717, 1.165) is 22.2 Å². The normalized spacial score (nSPS) is 18.7. The fourth-order valence-corrected chi connectivity index (χ4v) is 4.51. The minimum Gasteiger partial charge on any atom is -0.368 e. The fraction of sp³-hybridized carbons (Fsp3) is 0.333. The number of hydrogen-bond acceptors (Lipinski definition) is 5. The highest BCUT2D eigenvalue weighted by Crippen LogP contribution is 2.37. The molecule has 2 aliphatic rings. The molecule has 2 saturated heterocycles. The third kappa shape index (κ3) is 3.90. The molecule has 2 N–H and O–H groups in total. The highest BCUT2D eigenvalue weighted by Gasteiger charge is 2.42. The molecular weight excluding hydrogens is 425 g/mol. The third-order valence-electron chi connectivity index (χ3n) is 4.73. The summed E-state index contributed by atoms with van der Waals surface area (Å²) in [6.07, 6.45) is 0.897. The molecule has 2 aliphatic heterocycles. The first-order valence-electron chi connectivity index (χ1n) is 8.51. The van der Waals surface area contributed by atoms with Gasteiger partial charge in [-0.25, -0.2) is 0 Å². The van der Waals surface area contributed by atoms with E-state index in [2.05, 4.69) is 0 Å². The summed E-state index contributed by atoms with van der Waals surface area (Å²) in [7, 11) is 0. The molecule has 7 nitrogen and oxygen atoms in total. The summed E-state index contributed by atoms with van der Waals surface area (Å²) in [5.41, 5.74) is 6.34. The van der Waals surface area contributed by atoms with E-state index < -0.39 is 23.1 Å². The van der Waals surface area contributed by atoms with Crippen LogP contribution in [0, 0.1) is 0 Å². The zero-order valence-corrected chi connectivity index (χ0v) is 17.2. The number of primary amides is 1. The maximum absolute atomic E-state index is 12.7. The minimum absolute atomic E-state index is 0.234. The molecule has 3 rings (SSSR count). The summed E-state index contributed by atoms with van der Waals surface area (Å²) in [5.74, 6) is -1.48. The van der Waals surface area contributed by atoms with Gasteiger partial charge >= 0.3 is 0 Å². The van der Waals surface area contributed by atoms with E-state index in [4.69, 9.17) is 28.9 Å². The highest BCUT2D eigenvalue weighted by atomic mass is 35.5. The number of rotatable bonds is 3. The molecular formula is C18H17Cl2N3O4S. The van der Waals surface area contributed by atoms with Gasteiger partial charge in [-0.1, -0.05) is 23.2 Å². The van der Waals surface area contributed by atoms with E-state index >= 15 is 0 Å². The number of imide groups is 1. The monoisotopic (exact) mass is 441 g/mol. The van der Waals surface area contributed by atoms with Crippen LogP contribution in [0.1, 0.15) is 30.1 Å². The van der Waals surface area contributed by atoms with Crippen molar-refractivity contribution >= 4 is 57.9 Å². The lowest BCUT2D eigenvalue weighted by Crippen LogP contribution is -2.45.